The van der Waals surface area contributed by atoms with E-state index in [1.165, 1.54) is 18.2 Å². The van der Waals surface area contributed by atoms with Gasteiger partial charge in [0.15, 0.2) is 9.84 Å². The van der Waals surface area contributed by atoms with Crippen LogP contribution in [0.3, 0.4) is 0 Å². The molecule has 3 unspecified atom stereocenters. The summed E-state index contributed by atoms with van der Waals surface area (Å²) < 4.78 is 39.1. The molecule has 0 aliphatic heterocycles. The summed E-state index contributed by atoms with van der Waals surface area (Å²) in [6.45, 7) is 4.18. The molecule has 1 aliphatic carbocycles. The van der Waals surface area contributed by atoms with Crippen molar-refractivity contribution in [3.8, 4) is 0 Å². The molecule has 3 atom stereocenters. The van der Waals surface area contributed by atoms with Gasteiger partial charge in [0.05, 0.1) is 5.25 Å². The molecule has 0 radical (unpaired) electrons. The Bertz CT molecular complexity index is 571. The Morgan fingerprint density at radius 1 is 1.25 bits per heavy atom. The highest BCUT2D eigenvalue weighted by Crippen LogP contribution is 2.35. The monoisotopic (exact) mass is 299 g/mol. The van der Waals surface area contributed by atoms with E-state index in [0.717, 1.165) is 6.42 Å². The molecule has 0 saturated heterocycles. The maximum absolute atomic E-state index is 13.8. The van der Waals surface area contributed by atoms with Crippen molar-refractivity contribution < 1.29 is 12.8 Å². The maximum Gasteiger partial charge on any atom is 0.185 e. The van der Waals surface area contributed by atoms with E-state index in [0.29, 0.717) is 24.7 Å². The van der Waals surface area contributed by atoms with Crippen LogP contribution in [-0.4, -0.2) is 19.7 Å². The van der Waals surface area contributed by atoms with Crippen LogP contribution in [-0.2, 0) is 9.84 Å². The van der Waals surface area contributed by atoms with Gasteiger partial charge in [0.2, 0.25) is 0 Å². The topological polar surface area (TPSA) is 60.2 Å². The van der Waals surface area contributed by atoms with E-state index in [1.54, 1.807) is 6.07 Å². The van der Waals surface area contributed by atoms with Crippen molar-refractivity contribution in [2.45, 2.75) is 49.3 Å². The average molecular weight is 299 g/mol. The molecule has 0 bridgehead atoms. The minimum Gasteiger partial charge on any atom is -0.327 e. The SMILES string of the molecule is CC(C)C1CCC(N)C(S(=O)(=O)c2ccccc2F)C1. The molecule has 5 heteroatoms. The number of nitrogens with two attached hydrogens (primary N) is 1. The van der Waals surface area contributed by atoms with Crippen LogP contribution in [0, 0.1) is 17.7 Å². The Kier molecular flexibility index (Phi) is 4.49. The van der Waals surface area contributed by atoms with Crippen molar-refractivity contribution in [1.29, 1.82) is 0 Å². The zero-order valence-electron chi connectivity index (χ0n) is 11.9. The Hall–Kier alpha value is -0.940. The second-order valence-electron chi connectivity index (χ2n) is 5.99. The standard InChI is InChI=1S/C15H22FNO2S/c1-10(2)11-7-8-13(17)15(9-11)20(18,19)14-6-4-3-5-12(14)16/h3-6,10-11,13,15H,7-9,17H2,1-2H3. The highest BCUT2D eigenvalue weighted by molar-refractivity contribution is 7.92. The number of rotatable bonds is 3. The second kappa shape index (κ2) is 5.82. The Morgan fingerprint density at radius 3 is 2.50 bits per heavy atom. The van der Waals surface area contributed by atoms with Gasteiger partial charge in [-0.15, -0.1) is 0 Å². The first-order chi connectivity index (χ1) is 9.34. The highest BCUT2D eigenvalue weighted by atomic mass is 32.2. The summed E-state index contributed by atoms with van der Waals surface area (Å²) in [4.78, 5) is -0.218. The summed E-state index contributed by atoms with van der Waals surface area (Å²) >= 11 is 0. The fourth-order valence-electron chi connectivity index (χ4n) is 2.98. The van der Waals surface area contributed by atoms with Crippen LogP contribution in [0.1, 0.15) is 33.1 Å². The van der Waals surface area contributed by atoms with Crippen LogP contribution in [0.25, 0.3) is 0 Å². The van der Waals surface area contributed by atoms with Crippen molar-refractivity contribution >= 4 is 9.84 Å². The quantitative estimate of drug-likeness (QED) is 0.933. The number of hydrogen-bond acceptors (Lipinski definition) is 3. The summed E-state index contributed by atoms with van der Waals surface area (Å²) in [7, 11) is -3.71. The largest absolute Gasteiger partial charge is 0.327 e. The van der Waals surface area contributed by atoms with Crippen molar-refractivity contribution in [3.05, 3.63) is 30.1 Å². The molecular weight excluding hydrogens is 277 g/mol. The molecular formula is C15H22FNO2S. The first kappa shape index (κ1) is 15.4. The number of halogens is 1. The molecule has 2 rings (SSSR count). The van der Waals surface area contributed by atoms with Gasteiger partial charge in [-0.1, -0.05) is 26.0 Å². The smallest absolute Gasteiger partial charge is 0.185 e. The van der Waals surface area contributed by atoms with E-state index in [4.69, 9.17) is 5.73 Å². The zero-order chi connectivity index (χ0) is 14.9. The molecule has 1 saturated carbocycles. The number of benzene rings is 1. The van der Waals surface area contributed by atoms with Crippen LogP contribution in [0.5, 0.6) is 0 Å². The molecule has 1 aromatic carbocycles. The molecule has 1 fully saturated rings. The molecule has 1 aliphatic rings. The third-order valence-electron chi connectivity index (χ3n) is 4.37. The van der Waals surface area contributed by atoms with Crippen LogP contribution in [0.2, 0.25) is 0 Å². The van der Waals surface area contributed by atoms with E-state index >= 15 is 0 Å². The van der Waals surface area contributed by atoms with Gasteiger partial charge in [0, 0.05) is 6.04 Å². The summed E-state index contributed by atoms with van der Waals surface area (Å²) in [6.07, 6.45) is 2.15. The third-order valence-corrected chi connectivity index (χ3v) is 6.65. The van der Waals surface area contributed by atoms with Gasteiger partial charge >= 0.3 is 0 Å². The van der Waals surface area contributed by atoms with Gasteiger partial charge in [-0.25, -0.2) is 12.8 Å². The van der Waals surface area contributed by atoms with Gasteiger partial charge in [-0.05, 0) is 43.2 Å². The van der Waals surface area contributed by atoms with Crippen LogP contribution in [0.15, 0.2) is 29.2 Å². The van der Waals surface area contributed by atoms with E-state index in [-0.39, 0.29) is 4.90 Å². The van der Waals surface area contributed by atoms with Crippen LogP contribution >= 0.6 is 0 Å². The molecule has 0 heterocycles. The van der Waals surface area contributed by atoms with Crippen molar-refractivity contribution in [3.63, 3.8) is 0 Å². The normalized spacial score (nSPS) is 27.8. The molecule has 20 heavy (non-hydrogen) atoms. The average Bonchev–Trinajstić information content (AvgIpc) is 2.39. The van der Waals surface area contributed by atoms with Crippen molar-refractivity contribution in [2.75, 3.05) is 0 Å². The Balaban J connectivity index is 2.35. The molecule has 0 aromatic heterocycles. The predicted molar refractivity (Wildman–Crippen MR) is 77.5 cm³/mol. The fraction of sp³-hybridized carbons (Fsp3) is 0.600. The molecule has 3 nitrogen and oxygen atoms in total. The number of sulfone groups is 1. The molecule has 2 N–H and O–H groups in total. The van der Waals surface area contributed by atoms with E-state index < -0.39 is 26.9 Å². The first-order valence-corrected chi connectivity index (χ1v) is 8.62. The summed E-state index contributed by atoms with van der Waals surface area (Å²) in [6, 6.07) is 5.14. The zero-order valence-corrected chi connectivity index (χ0v) is 12.7. The van der Waals surface area contributed by atoms with Crippen molar-refractivity contribution in [2.24, 2.45) is 17.6 Å². The van der Waals surface area contributed by atoms with Crippen molar-refractivity contribution in [1.82, 2.24) is 0 Å². The lowest BCUT2D eigenvalue weighted by Gasteiger charge is -2.35. The highest BCUT2D eigenvalue weighted by Gasteiger charge is 2.39. The molecule has 0 amide bonds. The van der Waals surface area contributed by atoms with E-state index in [9.17, 15) is 12.8 Å². The second-order valence-corrected chi connectivity index (χ2v) is 8.13. The maximum atomic E-state index is 13.8. The Morgan fingerprint density at radius 2 is 1.90 bits per heavy atom. The van der Waals surface area contributed by atoms with E-state index in [1.807, 2.05) is 0 Å². The van der Waals surface area contributed by atoms with Crippen LogP contribution in [0.4, 0.5) is 4.39 Å². The summed E-state index contributed by atoms with van der Waals surface area (Å²) in [5.74, 6) is 0.0635. The Labute approximate surface area is 120 Å². The molecule has 1 aromatic rings. The minimum absolute atomic E-state index is 0.218. The summed E-state index contributed by atoms with van der Waals surface area (Å²) in [5, 5.41) is -0.680. The first-order valence-electron chi connectivity index (χ1n) is 7.08. The lowest BCUT2D eigenvalue weighted by molar-refractivity contribution is 0.260. The van der Waals surface area contributed by atoms with Crippen LogP contribution < -0.4 is 5.73 Å². The van der Waals surface area contributed by atoms with E-state index in [2.05, 4.69) is 13.8 Å². The molecule has 0 spiro atoms. The summed E-state index contributed by atoms with van der Waals surface area (Å²) in [5.41, 5.74) is 6.01. The van der Waals surface area contributed by atoms with Gasteiger partial charge < -0.3 is 5.73 Å². The number of hydrogen-bond donors (Lipinski definition) is 1. The molecule has 112 valence electrons. The van der Waals surface area contributed by atoms with Gasteiger partial charge in [-0.2, -0.15) is 0 Å². The third kappa shape index (κ3) is 2.88. The fourth-order valence-corrected chi connectivity index (χ4v) is 5.02. The predicted octanol–water partition coefficient (Wildman–Crippen LogP) is 2.75. The van der Waals surface area contributed by atoms with Gasteiger partial charge in [0.25, 0.3) is 0 Å². The van der Waals surface area contributed by atoms with Gasteiger partial charge in [-0.3, -0.25) is 0 Å². The van der Waals surface area contributed by atoms with Gasteiger partial charge in [0.1, 0.15) is 10.7 Å². The lowest BCUT2D eigenvalue weighted by atomic mass is 9.79. The minimum atomic E-state index is -3.71. The lowest BCUT2D eigenvalue weighted by Crippen LogP contribution is -2.46.